The number of rotatable bonds is 14. The van der Waals surface area contributed by atoms with Gasteiger partial charge in [0.15, 0.2) is 0 Å². The van der Waals surface area contributed by atoms with Crippen molar-refractivity contribution < 1.29 is 9.59 Å². The molecule has 0 unspecified atom stereocenters. The normalized spacial score (nSPS) is 15.2. The second-order valence-electron chi connectivity index (χ2n) is 7.47. The van der Waals surface area contributed by atoms with E-state index in [1.54, 1.807) is 0 Å². The zero-order valence-electron chi connectivity index (χ0n) is 16.3. The fourth-order valence-corrected chi connectivity index (χ4v) is 3.54. The zero-order chi connectivity index (χ0) is 18.2. The van der Waals surface area contributed by atoms with E-state index >= 15 is 0 Å². The summed E-state index contributed by atoms with van der Waals surface area (Å²) in [6, 6.07) is 0. The summed E-state index contributed by atoms with van der Waals surface area (Å²) in [7, 11) is 0. The number of amides is 2. The van der Waals surface area contributed by atoms with Gasteiger partial charge in [0.1, 0.15) is 0 Å². The average molecular weight is 350 g/mol. The molecule has 3 nitrogen and oxygen atoms in total. The Bertz CT molecular complexity index is 378. The molecule has 1 saturated heterocycles. The van der Waals surface area contributed by atoms with E-state index in [0.717, 1.165) is 38.5 Å². The molecule has 0 radical (unpaired) electrons. The van der Waals surface area contributed by atoms with E-state index < -0.39 is 0 Å². The molecule has 2 amide bonds. The van der Waals surface area contributed by atoms with Gasteiger partial charge in [-0.1, -0.05) is 70.3 Å². The van der Waals surface area contributed by atoms with Gasteiger partial charge in [-0.15, -0.1) is 6.58 Å². The SMILES string of the molecule is C=CCCCCCCCCCCCCCC(=O)N1CCCCCC1=O. The summed E-state index contributed by atoms with van der Waals surface area (Å²) in [5.74, 6) is 0.107. The molecule has 1 heterocycles. The molecule has 0 atom stereocenters. The van der Waals surface area contributed by atoms with Crippen molar-refractivity contribution in [3.63, 3.8) is 0 Å². The molecule has 25 heavy (non-hydrogen) atoms. The van der Waals surface area contributed by atoms with Crippen molar-refractivity contribution in [3.05, 3.63) is 12.7 Å². The molecular formula is C22H39NO2. The van der Waals surface area contributed by atoms with Crippen LogP contribution in [0.4, 0.5) is 0 Å². The van der Waals surface area contributed by atoms with Gasteiger partial charge in [-0.2, -0.15) is 0 Å². The highest BCUT2D eigenvalue weighted by atomic mass is 16.2. The summed E-state index contributed by atoms with van der Waals surface area (Å²) in [6.07, 6.45) is 21.3. The van der Waals surface area contributed by atoms with Crippen LogP contribution in [0.2, 0.25) is 0 Å². The molecule has 0 aromatic carbocycles. The first-order valence-electron chi connectivity index (χ1n) is 10.7. The fraction of sp³-hybridized carbons (Fsp3) is 0.818. The van der Waals surface area contributed by atoms with Crippen LogP contribution in [0.1, 0.15) is 109 Å². The number of allylic oxidation sites excluding steroid dienone is 1. The van der Waals surface area contributed by atoms with Gasteiger partial charge in [-0.05, 0) is 32.1 Å². The maximum Gasteiger partial charge on any atom is 0.229 e. The van der Waals surface area contributed by atoms with Crippen LogP contribution >= 0.6 is 0 Å². The molecular weight excluding hydrogens is 310 g/mol. The van der Waals surface area contributed by atoms with Crippen LogP contribution in [0, 0.1) is 0 Å². The molecule has 1 aliphatic heterocycles. The Morgan fingerprint density at radius 3 is 2.00 bits per heavy atom. The average Bonchev–Trinajstić information content (AvgIpc) is 2.83. The van der Waals surface area contributed by atoms with E-state index in [2.05, 4.69) is 6.58 Å². The fourth-order valence-electron chi connectivity index (χ4n) is 3.54. The predicted molar refractivity (Wildman–Crippen MR) is 105 cm³/mol. The second-order valence-corrected chi connectivity index (χ2v) is 7.47. The number of hydrogen-bond acceptors (Lipinski definition) is 2. The number of likely N-dealkylation sites (tertiary alicyclic amines) is 1. The topological polar surface area (TPSA) is 37.4 Å². The Morgan fingerprint density at radius 2 is 1.40 bits per heavy atom. The van der Waals surface area contributed by atoms with Crippen LogP contribution in [0.5, 0.6) is 0 Å². The molecule has 3 heteroatoms. The Morgan fingerprint density at radius 1 is 0.840 bits per heavy atom. The van der Waals surface area contributed by atoms with Gasteiger partial charge in [0, 0.05) is 19.4 Å². The monoisotopic (exact) mass is 349 g/mol. The molecule has 1 rings (SSSR count). The van der Waals surface area contributed by atoms with Gasteiger partial charge >= 0.3 is 0 Å². The summed E-state index contributed by atoms with van der Waals surface area (Å²) < 4.78 is 0. The van der Waals surface area contributed by atoms with Crippen LogP contribution < -0.4 is 0 Å². The molecule has 0 aromatic rings. The maximum absolute atomic E-state index is 12.2. The lowest BCUT2D eigenvalue weighted by atomic mass is 10.0. The van der Waals surface area contributed by atoms with Crippen molar-refractivity contribution in [1.29, 1.82) is 0 Å². The molecule has 144 valence electrons. The van der Waals surface area contributed by atoms with Crippen LogP contribution in [0.3, 0.4) is 0 Å². The molecule has 0 spiro atoms. The predicted octanol–water partition coefficient (Wildman–Crippen LogP) is 6.17. The zero-order valence-corrected chi connectivity index (χ0v) is 16.3. The molecule has 1 aliphatic rings. The van der Waals surface area contributed by atoms with E-state index in [0.29, 0.717) is 19.4 Å². The van der Waals surface area contributed by atoms with Gasteiger partial charge in [-0.3, -0.25) is 14.5 Å². The Hall–Kier alpha value is -1.12. The second kappa shape index (κ2) is 15.2. The van der Waals surface area contributed by atoms with E-state index in [4.69, 9.17) is 0 Å². The van der Waals surface area contributed by atoms with Crippen molar-refractivity contribution in [2.24, 2.45) is 0 Å². The smallest absolute Gasteiger partial charge is 0.229 e. The lowest BCUT2D eigenvalue weighted by molar-refractivity contribution is -0.144. The van der Waals surface area contributed by atoms with Crippen molar-refractivity contribution in [3.8, 4) is 0 Å². The first-order chi connectivity index (χ1) is 12.3. The van der Waals surface area contributed by atoms with Crippen molar-refractivity contribution in [2.45, 2.75) is 109 Å². The number of unbranched alkanes of at least 4 members (excludes halogenated alkanes) is 11. The van der Waals surface area contributed by atoms with Crippen molar-refractivity contribution >= 4 is 11.8 Å². The number of carbonyl (C=O) groups excluding carboxylic acids is 2. The maximum atomic E-state index is 12.2. The lowest BCUT2D eigenvalue weighted by Gasteiger charge is -2.18. The van der Waals surface area contributed by atoms with Gasteiger partial charge in [0.05, 0.1) is 0 Å². The number of hydrogen-bond donors (Lipinski definition) is 0. The summed E-state index contributed by atoms with van der Waals surface area (Å²) in [6.45, 7) is 4.40. The van der Waals surface area contributed by atoms with E-state index in [1.807, 2.05) is 6.08 Å². The quantitative estimate of drug-likeness (QED) is 0.278. The van der Waals surface area contributed by atoms with E-state index in [1.165, 1.54) is 62.7 Å². The largest absolute Gasteiger partial charge is 0.283 e. The number of nitrogens with zero attached hydrogens (tertiary/aromatic N) is 1. The van der Waals surface area contributed by atoms with Crippen LogP contribution in [0.25, 0.3) is 0 Å². The third-order valence-electron chi connectivity index (χ3n) is 5.17. The minimum absolute atomic E-state index is 0.0481. The standard InChI is InChI=1S/C22H39NO2/c1-2-3-4-5-6-7-8-9-10-11-12-13-15-18-21(24)23-20-17-14-16-19-22(23)25/h2H,1,3-20H2. The molecule has 0 N–H and O–H groups in total. The molecule has 0 saturated carbocycles. The molecule has 0 aromatic heterocycles. The summed E-state index contributed by atoms with van der Waals surface area (Å²) >= 11 is 0. The molecule has 0 bridgehead atoms. The Balaban J connectivity index is 1.89. The minimum Gasteiger partial charge on any atom is -0.283 e. The van der Waals surface area contributed by atoms with Gasteiger partial charge in [-0.25, -0.2) is 0 Å². The molecule has 1 fully saturated rings. The number of carbonyl (C=O) groups is 2. The van der Waals surface area contributed by atoms with E-state index in [-0.39, 0.29) is 11.8 Å². The highest BCUT2D eigenvalue weighted by Gasteiger charge is 2.22. The van der Waals surface area contributed by atoms with Crippen LogP contribution in [-0.2, 0) is 9.59 Å². The number of imide groups is 1. The third kappa shape index (κ3) is 11.2. The summed E-state index contributed by atoms with van der Waals surface area (Å²) in [5, 5.41) is 0. The first-order valence-corrected chi connectivity index (χ1v) is 10.7. The van der Waals surface area contributed by atoms with Crippen LogP contribution in [-0.4, -0.2) is 23.3 Å². The van der Waals surface area contributed by atoms with Gasteiger partial charge in [0.2, 0.25) is 11.8 Å². The first kappa shape index (κ1) is 21.9. The van der Waals surface area contributed by atoms with Crippen molar-refractivity contribution in [2.75, 3.05) is 6.54 Å². The van der Waals surface area contributed by atoms with E-state index in [9.17, 15) is 9.59 Å². The van der Waals surface area contributed by atoms with Crippen molar-refractivity contribution in [1.82, 2.24) is 4.90 Å². The van der Waals surface area contributed by atoms with Gasteiger partial charge < -0.3 is 0 Å². The summed E-state index contributed by atoms with van der Waals surface area (Å²) in [4.78, 5) is 25.6. The molecule has 0 aliphatic carbocycles. The highest BCUT2D eigenvalue weighted by Crippen LogP contribution is 2.15. The highest BCUT2D eigenvalue weighted by molar-refractivity contribution is 5.95. The van der Waals surface area contributed by atoms with Gasteiger partial charge in [0.25, 0.3) is 0 Å². The minimum atomic E-state index is 0.0481. The summed E-state index contributed by atoms with van der Waals surface area (Å²) in [5.41, 5.74) is 0. The Kier molecular flexibility index (Phi) is 13.3. The third-order valence-corrected chi connectivity index (χ3v) is 5.17. The lowest BCUT2D eigenvalue weighted by Crippen LogP contribution is -2.36. The van der Waals surface area contributed by atoms with Crippen LogP contribution in [0.15, 0.2) is 12.7 Å². The Labute approximate surface area is 155 Å².